The average molecular weight is 234 g/mol. The molecular formula is C13H18N2O2. The smallest absolute Gasteiger partial charge is 0.292 e. The van der Waals surface area contributed by atoms with Crippen LogP contribution in [0.1, 0.15) is 25.3 Å². The van der Waals surface area contributed by atoms with Gasteiger partial charge >= 0.3 is 0 Å². The van der Waals surface area contributed by atoms with Crippen LogP contribution >= 0.6 is 0 Å². The van der Waals surface area contributed by atoms with Gasteiger partial charge in [-0.15, -0.1) is 6.58 Å². The van der Waals surface area contributed by atoms with Gasteiger partial charge in [0.05, 0.1) is 4.92 Å². The van der Waals surface area contributed by atoms with Gasteiger partial charge in [0, 0.05) is 12.1 Å². The van der Waals surface area contributed by atoms with Crippen molar-refractivity contribution in [2.24, 2.45) is 0 Å². The van der Waals surface area contributed by atoms with E-state index in [0.29, 0.717) is 5.69 Å². The molecule has 0 bridgehead atoms. The van der Waals surface area contributed by atoms with Gasteiger partial charge in [-0.25, -0.2) is 0 Å². The number of rotatable bonds is 6. The molecule has 0 aromatic heterocycles. The lowest BCUT2D eigenvalue weighted by Crippen LogP contribution is -2.15. The highest BCUT2D eigenvalue weighted by Gasteiger charge is 2.14. The molecule has 0 aliphatic rings. The summed E-state index contributed by atoms with van der Waals surface area (Å²) in [5.74, 6) is 0. The van der Waals surface area contributed by atoms with Gasteiger partial charge in [0.25, 0.3) is 5.69 Å². The zero-order valence-electron chi connectivity index (χ0n) is 10.3. The van der Waals surface area contributed by atoms with Gasteiger partial charge in [0.1, 0.15) is 5.69 Å². The maximum atomic E-state index is 10.9. The number of anilines is 1. The molecular weight excluding hydrogens is 216 g/mol. The summed E-state index contributed by atoms with van der Waals surface area (Å²) >= 11 is 0. The fraction of sp³-hybridized carbons (Fsp3) is 0.385. The third kappa shape index (κ3) is 3.90. The minimum atomic E-state index is -0.359. The Morgan fingerprint density at radius 1 is 1.59 bits per heavy atom. The van der Waals surface area contributed by atoms with Crippen molar-refractivity contribution in [3.63, 3.8) is 0 Å². The van der Waals surface area contributed by atoms with Crippen LogP contribution in [0.3, 0.4) is 0 Å². The number of benzene rings is 1. The molecule has 0 saturated carbocycles. The zero-order valence-corrected chi connectivity index (χ0v) is 10.3. The summed E-state index contributed by atoms with van der Waals surface area (Å²) in [5.41, 5.74) is 1.72. The molecule has 0 spiro atoms. The lowest BCUT2D eigenvalue weighted by Gasteiger charge is -2.14. The first-order valence-corrected chi connectivity index (χ1v) is 5.67. The standard InChI is InChI=1S/C13H18N2O2/c1-4-5-6-11(3)14-12-9-10(2)7-8-13(12)15(16)17/h4,7-9,11,14H,1,5-6H2,2-3H3. The summed E-state index contributed by atoms with van der Waals surface area (Å²) in [6.07, 6.45) is 3.66. The van der Waals surface area contributed by atoms with E-state index < -0.39 is 0 Å². The molecule has 1 aromatic carbocycles. The topological polar surface area (TPSA) is 55.2 Å². The Hall–Kier alpha value is -1.84. The molecule has 0 fully saturated rings. The van der Waals surface area contributed by atoms with Gasteiger partial charge in [0.15, 0.2) is 0 Å². The maximum absolute atomic E-state index is 10.9. The highest BCUT2D eigenvalue weighted by Crippen LogP contribution is 2.26. The molecule has 0 amide bonds. The number of nitro benzene ring substituents is 1. The third-order valence-corrected chi connectivity index (χ3v) is 2.55. The molecule has 4 nitrogen and oxygen atoms in total. The summed E-state index contributed by atoms with van der Waals surface area (Å²) in [6.45, 7) is 7.59. The van der Waals surface area contributed by atoms with E-state index in [9.17, 15) is 10.1 Å². The van der Waals surface area contributed by atoms with E-state index >= 15 is 0 Å². The van der Waals surface area contributed by atoms with Gasteiger partial charge in [0.2, 0.25) is 0 Å². The molecule has 1 unspecified atom stereocenters. The second kappa shape index (κ2) is 6.03. The van der Waals surface area contributed by atoms with Crippen LogP contribution in [0.5, 0.6) is 0 Å². The van der Waals surface area contributed by atoms with E-state index in [1.807, 2.05) is 26.0 Å². The molecule has 17 heavy (non-hydrogen) atoms. The Morgan fingerprint density at radius 2 is 2.29 bits per heavy atom. The van der Waals surface area contributed by atoms with Crippen molar-refractivity contribution in [1.82, 2.24) is 0 Å². The van der Waals surface area contributed by atoms with E-state index in [4.69, 9.17) is 0 Å². The van der Waals surface area contributed by atoms with Gasteiger partial charge < -0.3 is 5.32 Å². The molecule has 92 valence electrons. The predicted octanol–water partition coefficient (Wildman–Crippen LogP) is 3.67. The van der Waals surface area contributed by atoms with Crippen molar-refractivity contribution in [1.29, 1.82) is 0 Å². The van der Waals surface area contributed by atoms with E-state index in [1.165, 1.54) is 6.07 Å². The summed E-state index contributed by atoms with van der Waals surface area (Å²) in [6, 6.07) is 5.28. The third-order valence-electron chi connectivity index (χ3n) is 2.55. The Kier molecular flexibility index (Phi) is 4.69. The highest BCUT2D eigenvalue weighted by molar-refractivity contribution is 5.63. The van der Waals surface area contributed by atoms with Gasteiger partial charge in [-0.1, -0.05) is 12.1 Å². The SMILES string of the molecule is C=CCCC(C)Nc1cc(C)ccc1[N+](=O)[O-]. The first-order valence-electron chi connectivity index (χ1n) is 5.67. The highest BCUT2D eigenvalue weighted by atomic mass is 16.6. The van der Waals surface area contributed by atoms with E-state index in [-0.39, 0.29) is 16.7 Å². The van der Waals surface area contributed by atoms with E-state index in [1.54, 1.807) is 6.07 Å². The van der Waals surface area contributed by atoms with Crippen LogP contribution in [-0.4, -0.2) is 11.0 Å². The summed E-state index contributed by atoms with van der Waals surface area (Å²) < 4.78 is 0. The molecule has 0 radical (unpaired) electrons. The minimum absolute atomic E-state index is 0.126. The molecule has 1 atom stereocenters. The number of hydrogen-bond donors (Lipinski definition) is 1. The van der Waals surface area contributed by atoms with Crippen molar-refractivity contribution < 1.29 is 4.92 Å². The van der Waals surface area contributed by atoms with Crippen molar-refractivity contribution in [2.45, 2.75) is 32.7 Å². The number of nitrogens with one attached hydrogen (secondary N) is 1. The second-order valence-electron chi connectivity index (χ2n) is 4.19. The van der Waals surface area contributed by atoms with Crippen molar-refractivity contribution in [3.05, 3.63) is 46.5 Å². The molecule has 1 rings (SSSR count). The fourth-order valence-corrected chi connectivity index (χ4v) is 1.63. The Balaban J connectivity index is 2.84. The van der Waals surface area contributed by atoms with E-state index in [0.717, 1.165) is 18.4 Å². The largest absolute Gasteiger partial charge is 0.377 e. The van der Waals surface area contributed by atoms with Crippen molar-refractivity contribution in [3.8, 4) is 0 Å². The summed E-state index contributed by atoms with van der Waals surface area (Å²) in [5, 5.41) is 14.1. The monoisotopic (exact) mass is 234 g/mol. The quantitative estimate of drug-likeness (QED) is 0.464. The van der Waals surface area contributed by atoms with Crippen molar-refractivity contribution >= 4 is 11.4 Å². The van der Waals surface area contributed by atoms with Crippen LogP contribution in [0.4, 0.5) is 11.4 Å². The number of nitrogens with zero attached hydrogens (tertiary/aromatic N) is 1. The van der Waals surface area contributed by atoms with Crippen LogP contribution in [0.15, 0.2) is 30.9 Å². The first-order chi connectivity index (χ1) is 8.04. The molecule has 0 aliphatic heterocycles. The van der Waals surface area contributed by atoms with Crippen LogP contribution in [-0.2, 0) is 0 Å². The Morgan fingerprint density at radius 3 is 2.88 bits per heavy atom. The van der Waals surface area contributed by atoms with Crippen LogP contribution < -0.4 is 5.32 Å². The minimum Gasteiger partial charge on any atom is -0.377 e. The second-order valence-corrected chi connectivity index (χ2v) is 4.19. The zero-order chi connectivity index (χ0) is 12.8. The van der Waals surface area contributed by atoms with Gasteiger partial charge in [-0.2, -0.15) is 0 Å². The van der Waals surface area contributed by atoms with Crippen LogP contribution in [0.25, 0.3) is 0 Å². The lowest BCUT2D eigenvalue weighted by atomic mass is 10.1. The maximum Gasteiger partial charge on any atom is 0.292 e. The Bertz CT molecular complexity index is 416. The van der Waals surface area contributed by atoms with E-state index in [2.05, 4.69) is 11.9 Å². The summed E-state index contributed by atoms with van der Waals surface area (Å²) in [4.78, 5) is 10.5. The van der Waals surface area contributed by atoms with Gasteiger partial charge in [-0.3, -0.25) is 10.1 Å². The molecule has 0 aliphatic carbocycles. The summed E-state index contributed by atoms with van der Waals surface area (Å²) in [7, 11) is 0. The van der Waals surface area contributed by atoms with Crippen LogP contribution in [0.2, 0.25) is 0 Å². The Labute approximate surface area is 101 Å². The molecule has 1 aromatic rings. The molecule has 4 heteroatoms. The number of aryl methyl sites for hydroxylation is 1. The fourth-order valence-electron chi connectivity index (χ4n) is 1.63. The van der Waals surface area contributed by atoms with Crippen molar-refractivity contribution in [2.75, 3.05) is 5.32 Å². The molecule has 0 saturated heterocycles. The average Bonchev–Trinajstić information content (AvgIpc) is 2.26. The number of hydrogen-bond acceptors (Lipinski definition) is 3. The van der Waals surface area contributed by atoms with Gasteiger partial charge in [-0.05, 0) is 38.3 Å². The molecule has 0 heterocycles. The predicted molar refractivity (Wildman–Crippen MR) is 70.3 cm³/mol. The normalized spacial score (nSPS) is 11.9. The number of allylic oxidation sites excluding steroid dienone is 1. The number of nitro groups is 1. The first kappa shape index (κ1) is 13.2. The lowest BCUT2D eigenvalue weighted by molar-refractivity contribution is -0.384. The van der Waals surface area contributed by atoms with Crippen LogP contribution in [0, 0.1) is 17.0 Å². The molecule has 1 N–H and O–H groups in total.